The highest BCUT2D eigenvalue weighted by Gasteiger charge is 2.16. The van der Waals surface area contributed by atoms with Crippen LogP contribution in [0.5, 0.6) is 0 Å². The van der Waals surface area contributed by atoms with Gasteiger partial charge in [-0.25, -0.2) is 8.42 Å². The van der Waals surface area contributed by atoms with Crippen LogP contribution < -0.4 is 0 Å². The smallest absolute Gasteiger partial charge is 0.193 e. The highest BCUT2D eigenvalue weighted by atomic mass is 32.2. The number of Topliss-reactive ketones (excluding diaryl/α,β-unsaturated/α-hetero) is 1. The molecule has 0 aliphatic rings. The summed E-state index contributed by atoms with van der Waals surface area (Å²) in [5, 5.41) is 1.96. The first kappa shape index (κ1) is 17.3. The monoisotopic (exact) mass is 368 g/mol. The van der Waals surface area contributed by atoms with Crippen molar-refractivity contribution in [2.75, 3.05) is 6.26 Å². The second kappa shape index (κ2) is 7.17. The van der Waals surface area contributed by atoms with E-state index in [9.17, 15) is 13.2 Å². The number of sulfone groups is 1. The van der Waals surface area contributed by atoms with Gasteiger partial charge >= 0.3 is 0 Å². The van der Waals surface area contributed by atoms with Crippen molar-refractivity contribution in [2.45, 2.75) is 4.90 Å². The minimum atomic E-state index is -3.28. The summed E-state index contributed by atoms with van der Waals surface area (Å²) in [5.41, 5.74) is 1.86. The summed E-state index contributed by atoms with van der Waals surface area (Å²) in [5.74, 6) is -0.139. The Bertz CT molecular complexity index is 999. The Balaban J connectivity index is 2.03. The van der Waals surface area contributed by atoms with Crippen molar-refractivity contribution < 1.29 is 13.2 Å². The molecule has 2 aromatic carbocycles. The number of hydrogen-bond donors (Lipinski definition) is 0. The lowest BCUT2D eigenvalue weighted by atomic mass is 9.96. The van der Waals surface area contributed by atoms with Crippen molar-refractivity contribution in [1.82, 2.24) is 0 Å². The Morgan fingerprint density at radius 2 is 1.56 bits per heavy atom. The van der Waals surface area contributed by atoms with Gasteiger partial charge in [0, 0.05) is 22.3 Å². The summed E-state index contributed by atoms with van der Waals surface area (Å²) in [4.78, 5) is 14.2. The topological polar surface area (TPSA) is 51.2 Å². The third-order valence-corrected chi connectivity index (χ3v) is 5.65. The van der Waals surface area contributed by atoms with E-state index in [2.05, 4.69) is 0 Å². The zero-order valence-corrected chi connectivity index (χ0v) is 15.2. The van der Waals surface area contributed by atoms with Gasteiger partial charge in [0.2, 0.25) is 0 Å². The highest BCUT2D eigenvalue weighted by molar-refractivity contribution is 7.90. The molecule has 0 atom stereocenters. The van der Waals surface area contributed by atoms with Crippen molar-refractivity contribution in [3.8, 4) is 0 Å². The molecule has 0 saturated heterocycles. The quantitative estimate of drug-likeness (QED) is 0.489. The van der Waals surface area contributed by atoms with E-state index in [4.69, 9.17) is 0 Å². The minimum absolute atomic E-state index is 0.139. The van der Waals surface area contributed by atoms with Gasteiger partial charge in [-0.15, -0.1) is 11.3 Å². The average molecular weight is 368 g/mol. The fourth-order valence-electron chi connectivity index (χ4n) is 2.42. The molecule has 0 spiro atoms. The van der Waals surface area contributed by atoms with Gasteiger partial charge < -0.3 is 0 Å². The van der Waals surface area contributed by atoms with Crippen molar-refractivity contribution in [3.63, 3.8) is 0 Å². The normalized spacial score (nSPS) is 12.1. The Morgan fingerprint density at radius 3 is 2.12 bits per heavy atom. The van der Waals surface area contributed by atoms with Crippen LogP contribution in [0.3, 0.4) is 0 Å². The lowest BCUT2D eigenvalue weighted by molar-refractivity contribution is 0.105. The number of hydrogen-bond acceptors (Lipinski definition) is 4. The van der Waals surface area contributed by atoms with Gasteiger partial charge in [0.1, 0.15) is 0 Å². The van der Waals surface area contributed by atoms with Gasteiger partial charge in [0.05, 0.1) is 4.90 Å². The van der Waals surface area contributed by atoms with E-state index in [1.165, 1.54) is 12.1 Å². The van der Waals surface area contributed by atoms with Gasteiger partial charge in [0.15, 0.2) is 15.6 Å². The van der Waals surface area contributed by atoms with E-state index in [0.29, 0.717) is 11.1 Å². The largest absolute Gasteiger partial charge is 0.289 e. The molecule has 0 aliphatic heterocycles. The van der Waals surface area contributed by atoms with Crippen molar-refractivity contribution >= 4 is 38.6 Å². The first-order chi connectivity index (χ1) is 11.9. The molecule has 3 aromatic rings. The second-order valence-corrected chi connectivity index (χ2v) is 8.56. The summed E-state index contributed by atoms with van der Waals surface area (Å²) in [6, 6.07) is 19.4. The Morgan fingerprint density at radius 1 is 0.880 bits per heavy atom. The maximum Gasteiger partial charge on any atom is 0.193 e. The summed E-state index contributed by atoms with van der Waals surface area (Å²) >= 11 is 1.56. The van der Waals surface area contributed by atoms with Crippen LogP contribution in [-0.4, -0.2) is 20.5 Å². The molecule has 0 bridgehead atoms. The van der Waals surface area contributed by atoms with Crippen LogP contribution in [0.1, 0.15) is 20.8 Å². The number of rotatable bonds is 5. The maximum absolute atomic E-state index is 13.0. The molecule has 0 aliphatic carbocycles. The van der Waals surface area contributed by atoms with Gasteiger partial charge in [-0.05, 0) is 47.4 Å². The van der Waals surface area contributed by atoms with Crippen LogP contribution in [0, 0.1) is 0 Å². The predicted molar refractivity (Wildman–Crippen MR) is 103 cm³/mol. The second-order valence-electron chi connectivity index (χ2n) is 5.57. The van der Waals surface area contributed by atoms with Gasteiger partial charge in [-0.2, -0.15) is 0 Å². The standard InChI is InChI=1S/C20H16O3S2/c1-25(22,23)18-11-9-16(10-12-18)20(21)19(14-17-8-5-13-24-17)15-6-3-2-4-7-15/h2-14H,1H3/b19-14+. The van der Waals surface area contributed by atoms with Crippen LogP contribution >= 0.6 is 11.3 Å². The van der Waals surface area contributed by atoms with Crippen LogP contribution in [0.4, 0.5) is 0 Å². The average Bonchev–Trinajstić information content (AvgIpc) is 3.12. The Kier molecular flexibility index (Phi) is 4.97. The van der Waals surface area contributed by atoms with Crippen molar-refractivity contribution in [2.24, 2.45) is 0 Å². The van der Waals surface area contributed by atoms with E-state index < -0.39 is 9.84 Å². The molecule has 5 heteroatoms. The molecule has 0 saturated carbocycles. The molecule has 3 rings (SSSR count). The Hall–Kier alpha value is -2.50. The number of carbonyl (C=O) groups is 1. The van der Waals surface area contributed by atoms with E-state index >= 15 is 0 Å². The summed E-state index contributed by atoms with van der Waals surface area (Å²) in [6.07, 6.45) is 3.02. The first-order valence-electron chi connectivity index (χ1n) is 7.60. The summed E-state index contributed by atoms with van der Waals surface area (Å²) < 4.78 is 23.2. The fraction of sp³-hybridized carbons (Fsp3) is 0.0500. The minimum Gasteiger partial charge on any atom is -0.289 e. The molecule has 3 nitrogen and oxygen atoms in total. The molecular weight excluding hydrogens is 352 g/mol. The first-order valence-corrected chi connectivity index (χ1v) is 10.4. The van der Waals surface area contributed by atoms with Crippen LogP contribution in [0.25, 0.3) is 11.6 Å². The molecule has 0 radical (unpaired) electrons. The number of benzene rings is 2. The van der Waals surface area contributed by atoms with E-state index in [1.807, 2.05) is 53.9 Å². The van der Waals surface area contributed by atoms with Gasteiger partial charge in [-0.3, -0.25) is 4.79 Å². The molecule has 0 fully saturated rings. The van der Waals surface area contributed by atoms with Gasteiger partial charge in [-0.1, -0.05) is 36.4 Å². The SMILES string of the molecule is CS(=O)(=O)c1ccc(C(=O)/C(=C/c2cccs2)c2ccccc2)cc1. The number of ketones is 1. The van der Waals surface area contributed by atoms with Crippen LogP contribution in [0.15, 0.2) is 77.0 Å². The lowest BCUT2D eigenvalue weighted by Gasteiger charge is -2.08. The molecule has 0 N–H and O–H groups in total. The molecule has 0 unspecified atom stereocenters. The van der Waals surface area contributed by atoms with Crippen molar-refractivity contribution in [3.05, 3.63) is 88.1 Å². The van der Waals surface area contributed by atoms with E-state index in [0.717, 1.165) is 16.7 Å². The predicted octanol–water partition coefficient (Wildman–Crippen LogP) is 4.58. The molecule has 1 aromatic heterocycles. The van der Waals surface area contributed by atoms with Crippen LogP contribution in [-0.2, 0) is 9.84 Å². The molecule has 126 valence electrons. The summed E-state index contributed by atoms with van der Waals surface area (Å²) in [7, 11) is -3.28. The molecule has 0 amide bonds. The third-order valence-electron chi connectivity index (χ3n) is 3.70. The van der Waals surface area contributed by atoms with E-state index in [-0.39, 0.29) is 10.7 Å². The molecule has 25 heavy (non-hydrogen) atoms. The van der Waals surface area contributed by atoms with Crippen LogP contribution in [0.2, 0.25) is 0 Å². The van der Waals surface area contributed by atoms with E-state index in [1.54, 1.807) is 23.5 Å². The lowest BCUT2D eigenvalue weighted by Crippen LogP contribution is -2.04. The zero-order valence-electron chi connectivity index (χ0n) is 13.5. The third kappa shape index (κ3) is 4.13. The number of thiophene rings is 1. The molecule has 1 heterocycles. The highest BCUT2D eigenvalue weighted by Crippen LogP contribution is 2.25. The van der Waals surface area contributed by atoms with Gasteiger partial charge in [0.25, 0.3) is 0 Å². The number of allylic oxidation sites excluding steroid dienone is 1. The summed E-state index contributed by atoms with van der Waals surface area (Å²) in [6.45, 7) is 0. The Labute approximate surface area is 151 Å². The van der Waals surface area contributed by atoms with Crippen molar-refractivity contribution in [1.29, 1.82) is 0 Å². The maximum atomic E-state index is 13.0. The fourth-order valence-corrected chi connectivity index (χ4v) is 3.71. The molecular formula is C20H16O3S2. The zero-order chi connectivity index (χ0) is 17.9. The number of carbonyl (C=O) groups excluding carboxylic acids is 1.